The van der Waals surface area contributed by atoms with Gasteiger partial charge >= 0.3 is 5.97 Å². The molecule has 0 aromatic heterocycles. The lowest BCUT2D eigenvalue weighted by Crippen LogP contribution is -2.42. The maximum Gasteiger partial charge on any atom is 0.317 e. The predicted molar refractivity (Wildman–Crippen MR) is 50.8 cm³/mol. The fourth-order valence-corrected chi connectivity index (χ4v) is 1.33. The monoisotopic (exact) mass is 189 g/mol. The smallest absolute Gasteiger partial charge is 0.317 e. The van der Waals surface area contributed by atoms with E-state index >= 15 is 0 Å². The van der Waals surface area contributed by atoms with Gasteiger partial charge in [-0.3, -0.25) is 9.69 Å². The third-order valence-electron chi connectivity index (χ3n) is 2.06. The first kappa shape index (κ1) is 12.4. The number of likely N-dealkylation sites (N-methyl/N-ethyl adjacent to an activating group) is 1. The van der Waals surface area contributed by atoms with Gasteiger partial charge in [0.05, 0.1) is 13.2 Å². The fourth-order valence-electron chi connectivity index (χ4n) is 1.33. The zero-order valence-corrected chi connectivity index (χ0v) is 8.78. The number of aliphatic carboxylic acids is 1. The fraction of sp³-hybridized carbons (Fsp3) is 0.889. The highest BCUT2D eigenvalue weighted by molar-refractivity contribution is 5.69. The Balaban J connectivity index is 4.10. The Morgan fingerprint density at radius 1 is 1.54 bits per heavy atom. The van der Waals surface area contributed by atoms with Gasteiger partial charge in [-0.2, -0.15) is 0 Å². The van der Waals surface area contributed by atoms with Crippen LogP contribution in [0, 0.1) is 5.92 Å². The summed E-state index contributed by atoms with van der Waals surface area (Å²) >= 11 is 0. The molecule has 1 N–H and O–H groups in total. The lowest BCUT2D eigenvalue weighted by atomic mass is 10.0. The first-order valence-corrected chi connectivity index (χ1v) is 4.40. The van der Waals surface area contributed by atoms with Crippen molar-refractivity contribution in [2.75, 3.05) is 27.3 Å². The van der Waals surface area contributed by atoms with E-state index in [2.05, 4.69) is 13.8 Å². The van der Waals surface area contributed by atoms with Gasteiger partial charge in [-0.25, -0.2) is 0 Å². The zero-order valence-electron chi connectivity index (χ0n) is 8.78. The molecule has 1 atom stereocenters. The number of hydrogen-bond donors (Lipinski definition) is 1. The molecule has 4 nitrogen and oxygen atoms in total. The third kappa shape index (κ3) is 4.85. The van der Waals surface area contributed by atoms with Gasteiger partial charge in [0.15, 0.2) is 0 Å². The lowest BCUT2D eigenvalue weighted by Gasteiger charge is -2.29. The number of hydrogen-bond acceptors (Lipinski definition) is 3. The van der Waals surface area contributed by atoms with Gasteiger partial charge in [0, 0.05) is 13.2 Å². The second-order valence-corrected chi connectivity index (χ2v) is 3.58. The second-order valence-electron chi connectivity index (χ2n) is 3.58. The van der Waals surface area contributed by atoms with Crippen molar-refractivity contribution in [3.8, 4) is 0 Å². The Hall–Kier alpha value is -0.610. The summed E-state index contributed by atoms with van der Waals surface area (Å²) in [5, 5.41) is 8.60. The van der Waals surface area contributed by atoms with Crippen molar-refractivity contribution < 1.29 is 14.6 Å². The summed E-state index contributed by atoms with van der Waals surface area (Å²) in [6.07, 6.45) is 0. The van der Waals surface area contributed by atoms with E-state index in [9.17, 15) is 4.79 Å². The van der Waals surface area contributed by atoms with Crippen LogP contribution in [0.5, 0.6) is 0 Å². The summed E-state index contributed by atoms with van der Waals surface area (Å²) in [6.45, 7) is 4.75. The molecule has 0 heterocycles. The van der Waals surface area contributed by atoms with Gasteiger partial charge in [0.1, 0.15) is 0 Å². The third-order valence-corrected chi connectivity index (χ3v) is 2.06. The molecular formula is C9H19NO3. The molecule has 1 unspecified atom stereocenters. The van der Waals surface area contributed by atoms with Crippen LogP contribution in [0.15, 0.2) is 0 Å². The topological polar surface area (TPSA) is 49.8 Å². The van der Waals surface area contributed by atoms with Crippen molar-refractivity contribution in [1.82, 2.24) is 4.90 Å². The molecule has 0 amide bonds. The van der Waals surface area contributed by atoms with E-state index in [1.54, 1.807) is 19.1 Å². The van der Waals surface area contributed by atoms with E-state index in [-0.39, 0.29) is 12.6 Å². The quantitative estimate of drug-likeness (QED) is 0.667. The SMILES string of the molecule is COCC(C(C)C)N(C)CC(=O)O. The predicted octanol–water partition coefficient (Wildman–Crippen LogP) is 0.674. The molecule has 0 aromatic rings. The molecule has 0 aliphatic carbocycles. The minimum absolute atomic E-state index is 0.0617. The number of methoxy groups -OCH3 is 1. The molecule has 0 bridgehead atoms. The maximum absolute atomic E-state index is 10.5. The van der Waals surface area contributed by atoms with E-state index in [0.717, 1.165) is 0 Å². The van der Waals surface area contributed by atoms with Gasteiger partial charge in [0.25, 0.3) is 0 Å². The van der Waals surface area contributed by atoms with Crippen LogP contribution < -0.4 is 0 Å². The molecular weight excluding hydrogens is 170 g/mol. The summed E-state index contributed by atoms with van der Waals surface area (Å²) in [6, 6.07) is 0.168. The van der Waals surface area contributed by atoms with Gasteiger partial charge in [-0.05, 0) is 13.0 Å². The standard InChI is InChI=1S/C9H19NO3/c1-7(2)8(6-13-4)10(3)5-9(11)12/h7-8H,5-6H2,1-4H3,(H,11,12). The summed E-state index contributed by atoms with van der Waals surface area (Å²) in [5.74, 6) is -0.409. The van der Waals surface area contributed by atoms with Crippen LogP contribution in [0.4, 0.5) is 0 Å². The molecule has 0 rings (SSSR count). The van der Waals surface area contributed by atoms with E-state index < -0.39 is 5.97 Å². The van der Waals surface area contributed by atoms with Gasteiger partial charge in [0.2, 0.25) is 0 Å². The van der Waals surface area contributed by atoms with Gasteiger partial charge < -0.3 is 9.84 Å². The zero-order chi connectivity index (χ0) is 10.4. The Morgan fingerprint density at radius 3 is 2.38 bits per heavy atom. The van der Waals surface area contributed by atoms with Crippen molar-refractivity contribution in [2.24, 2.45) is 5.92 Å². The number of rotatable bonds is 6. The highest BCUT2D eigenvalue weighted by Crippen LogP contribution is 2.08. The minimum Gasteiger partial charge on any atom is -0.480 e. The number of carboxylic acids is 1. The summed E-state index contributed by atoms with van der Waals surface area (Å²) in [4.78, 5) is 12.3. The van der Waals surface area contributed by atoms with Crippen molar-refractivity contribution in [2.45, 2.75) is 19.9 Å². The average Bonchev–Trinajstić information content (AvgIpc) is 1.97. The Bertz CT molecular complexity index is 159. The van der Waals surface area contributed by atoms with Crippen LogP contribution in [0.1, 0.15) is 13.8 Å². The number of nitrogens with zero attached hydrogens (tertiary/aromatic N) is 1. The van der Waals surface area contributed by atoms with Gasteiger partial charge in [-0.1, -0.05) is 13.8 Å². The van der Waals surface area contributed by atoms with E-state index in [1.165, 1.54) is 0 Å². The molecule has 4 heteroatoms. The van der Waals surface area contributed by atoms with Crippen molar-refractivity contribution in [3.63, 3.8) is 0 Å². The lowest BCUT2D eigenvalue weighted by molar-refractivity contribution is -0.139. The molecule has 0 fully saturated rings. The van der Waals surface area contributed by atoms with Crippen LogP contribution in [0.3, 0.4) is 0 Å². The normalized spacial score (nSPS) is 13.7. The van der Waals surface area contributed by atoms with Crippen molar-refractivity contribution in [1.29, 1.82) is 0 Å². The summed E-state index contributed by atoms with van der Waals surface area (Å²) in [7, 11) is 3.43. The largest absolute Gasteiger partial charge is 0.480 e. The van der Waals surface area contributed by atoms with E-state index in [1.807, 2.05) is 0 Å². The molecule has 0 aliphatic heterocycles. The molecule has 0 spiro atoms. The Morgan fingerprint density at radius 2 is 2.08 bits per heavy atom. The molecule has 13 heavy (non-hydrogen) atoms. The van der Waals surface area contributed by atoms with Gasteiger partial charge in [-0.15, -0.1) is 0 Å². The molecule has 0 aliphatic rings. The van der Waals surface area contributed by atoms with E-state index in [0.29, 0.717) is 12.5 Å². The first-order chi connectivity index (χ1) is 5.99. The van der Waals surface area contributed by atoms with Crippen LogP contribution in [0.2, 0.25) is 0 Å². The molecule has 0 radical (unpaired) electrons. The highest BCUT2D eigenvalue weighted by Gasteiger charge is 2.19. The molecule has 0 saturated heterocycles. The number of carboxylic acid groups (broad SMARTS) is 1. The molecule has 0 saturated carbocycles. The van der Waals surface area contributed by atoms with Crippen LogP contribution in [-0.2, 0) is 9.53 Å². The second kappa shape index (κ2) is 5.94. The molecule has 78 valence electrons. The average molecular weight is 189 g/mol. The minimum atomic E-state index is -0.802. The number of ether oxygens (including phenoxy) is 1. The van der Waals surface area contributed by atoms with Crippen LogP contribution in [0.25, 0.3) is 0 Å². The highest BCUT2D eigenvalue weighted by atomic mass is 16.5. The first-order valence-electron chi connectivity index (χ1n) is 4.40. The van der Waals surface area contributed by atoms with Crippen molar-refractivity contribution >= 4 is 5.97 Å². The summed E-state index contributed by atoms with van der Waals surface area (Å²) in [5.41, 5.74) is 0. The Kier molecular flexibility index (Phi) is 5.66. The van der Waals surface area contributed by atoms with E-state index in [4.69, 9.17) is 9.84 Å². The van der Waals surface area contributed by atoms with Crippen LogP contribution >= 0.6 is 0 Å². The summed E-state index contributed by atoms with van der Waals surface area (Å²) < 4.78 is 5.03. The number of carbonyl (C=O) groups is 1. The van der Waals surface area contributed by atoms with Crippen molar-refractivity contribution in [3.05, 3.63) is 0 Å². The maximum atomic E-state index is 10.5. The van der Waals surface area contributed by atoms with Crippen LogP contribution in [-0.4, -0.2) is 49.3 Å². The Labute approximate surface area is 79.5 Å². The molecule has 0 aromatic carbocycles.